The van der Waals surface area contributed by atoms with E-state index in [0.29, 0.717) is 11.3 Å². The van der Waals surface area contributed by atoms with E-state index in [9.17, 15) is 22.8 Å². The summed E-state index contributed by atoms with van der Waals surface area (Å²) in [5, 5.41) is 0.564. The van der Waals surface area contributed by atoms with Crippen LogP contribution in [-0.4, -0.2) is 68.2 Å². The minimum absolute atomic E-state index is 0.159. The highest BCUT2D eigenvalue weighted by Gasteiger charge is 2.49. The SMILES string of the molecule is COc1ccc(COC(=O)C(N2C[C@H](NC(=O)OC(C)(C)C)C2=O)S(C)(=O)=O)cc1. The lowest BCUT2D eigenvalue weighted by molar-refractivity contribution is -0.158. The van der Waals surface area contributed by atoms with E-state index < -0.39 is 44.8 Å². The number of carbonyl (C=O) groups is 3. The zero-order valence-electron chi connectivity index (χ0n) is 17.5. The molecule has 1 aliphatic rings. The molecule has 1 fully saturated rings. The van der Waals surface area contributed by atoms with Crippen LogP contribution in [0.5, 0.6) is 5.75 Å². The molecule has 0 saturated carbocycles. The van der Waals surface area contributed by atoms with E-state index in [1.807, 2.05) is 0 Å². The smallest absolute Gasteiger partial charge is 0.408 e. The van der Waals surface area contributed by atoms with Crippen molar-refractivity contribution in [2.75, 3.05) is 19.9 Å². The number of hydrogen-bond acceptors (Lipinski definition) is 8. The van der Waals surface area contributed by atoms with E-state index >= 15 is 0 Å². The number of sulfone groups is 1. The highest BCUT2D eigenvalue weighted by molar-refractivity contribution is 7.92. The van der Waals surface area contributed by atoms with Crippen molar-refractivity contribution in [3.8, 4) is 5.75 Å². The van der Waals surface area contributed by atoms with E-state index in [2.05, 4.69) is 5.32 Å². The topological polar surface area (TPSA) is 128 Å². The Labute approximate surface area is 175 Å². The maximum absolute atomic E-state index is 12.5. The highest BCUT2D eigenvalue weighted by atomic mass is 32.2. The molecule has 0 radical (unpaired) electrons. The number of alkyl carbamates (subject to hydrolysis) is 1. The molecule has 0 spiro atoms. The van der Waals surface area contributed by atoms with Gasteiger partial charge in [-0.2, -0.15) is 0 Å². The molecule has 2 rings (SSSR count). The van der Waals surface area contributed by atoms with Crippen LogP contribution in [0.25, 0.3) is 0 Å². The summed E-state index contributed by atoms with van der Waals surface area (Å²) in [5.74, 6) is -1.16. The third-order valence-electron chi connectivity index (χ3n) is 4.08. The normalized spacial score (nSPS) is 17.6. The third kappa shape index (κ3) is 6.09. The van der Waals surface area contributed by atoms with E-state index in [0.717, 1.165) is 11.2 Å². The molecule has 1 saturated heterocycles. The van der Waals surface area contributed by atoms with Crippen molar-refractivity contribution < 1.29 is 37.0 Å². The fraction of sp³-hybridized carbons (Fsp3) is 0.526. The summed E-state index contributed by atoms with van der Waals surface area (Å²) in [6.45, 7) is 4.67. The van der Waals surface area contributed by atoms with Gasteiger partial charge in [0.15, 0.2) is 9.84 Å². The molecule has 1 aliphatic heterocycles. The van der Waals surface area contributed by atoms with Crippen LogP contribution in [0.15, 0.2) is 24.3 Å². The number of likely N-dealkylation sites (tertiary alicyclic amines) is 1. The maximum atomic E-state index is 12.5. The van der Waals surface area contributed by atoms with Gasteiger partial charge < -0.3 is 24.4 Å². The van der Waals surface area contributed by atoms with Gasteiger partial charge in [0.2, 0.25) is 11.3 Å². The Morgan fingerprint density at radius 3 is 2.30 bits per heavy atom. The van der Waals surface area contributed by atoms with Crippen LogP contribution in [-0.2, 0) is 35.5 Å². The quantitative estimate of drug-likeness (QED) is 0.486. The van der Waals surface area contributed by atoms with Crippen LogP contribution in [0.2, 0.25) is 0 Å². The van der Waals surface area contributed by atoms with Crippen molar-refractivity contribution in [3.05, 3.63) is 29.8 Å². The van der Waals surface area contributed by atoms with E-state index in [4.69, 9.17) is 14.2 Å². The van der Waals surface area contributed by atoms with Crippen LogP contribution >= 0.6 is 0 Å². The zero-order valence-corrected chi connectivity index (χ0v) is 18.3. The number of hydrogen-bond donors (Lipinski definition) is 1. The maximum Gasteiger partial charge on any atom is 0.408 e. The van der Waals surface area contributed by atoms with Crippen molar-refractivity contribution in [1.82, 2.24) is 10.2 Å². The van der Waals surface area contributed by atoms with E-state index in [1.165, 1.54) is 7.11 Å². The summed E-state index contributed by atoms with van der Waals surface area (Å²) in [4.78, 5) is 37.5. The number of carbonyl (C=O) groups excluding carboxylic acids is 3. The van der Waals surface area contributed by atoms with Gasteiger partial charge in [0.1, 0.15) is 24.0 Å². The largest absolute Gasteiger partial charge is 0.497 e. The highest BCUT2D eigenvalue weighted by Crippen LogP contribution is 2.21. The van der Waals surface area contributed by atoms with Crippen molar-refractivity contribution in [2.24, 2.45) is 0 Å². The number of esters is 1. The van der Waals surface area contributed by atoms with Crippen LogP contribution in [0, 0.1) is 0 Å². The monoisotopic (exact) mass is 442 g/mol. The Balaban J connectivity index is 2.00. The van der Waals surface area contributed by atoms with Crippen LogP contribution in [0.4, 0.5) is 4.79 Å². The number of nitrogens with zero attached hydrogens (tertiary/aromatic N) is 1. The molecule has 1 aromatic rings. The Kier molecular flexibility index (Phi) is 6.96. The molecule has 0 aromatic heterocycles. The first kappa shape index (κ1) is 23.5. The second kappa shape index (κ2) is 8.90. The molecular weight excluding hydrogens is 416 g/mol. The predicted molar refractivity (Wildman–Crippen MR) is 106 cm³/mol. The van der Waals surface area contributed by atoms with Gasteiger partial charge in [-0.25, -0.2) is 18.0 Å². The molecule has 1 aromatic carbocycles. The summed E-state index contributed by atoms with van der Waals surface area (Å²) in [6.07, 6.45) is 0.0345. The lowest BCUT2D eigenvalue weighted by atomic mass is 10.1. The van der Waals surface area contributed by atoms with Crippen molar-refractivity contribution in [1.29, 1.82) is 0 Å². The zero-order chi connectivity index (χ0) is 22.7. The molecule has 2 amide bonds. The molecule has 0 aliphatic carbocycles. The van der Waals surface area contributed by atoms with Gasteiger partial charge in [-0.15, -0.1) is 0 Å². The lowest BCUT2D eigenvalue weighted by Crippen LogP contribution is -2.69. The molecule has 1 unspecified atom stereocenters. The van der Waals surface area contributed by atoms with Crippen LogP contribution in [0.3, 0.4) is 0 Å². The Morgan fingerprint density at radius 2 is 1.83 bits per heavy atom. The first-order valence-electron chi connectivity index (χ1n) is 9.10. The summed E-state index contributed by atoms with van der Waals surface area (Å²) >= 11 is 0. The number of nitrogens with one attached hydrogen (secondary N) is 1. The molecule has 10 nitrogen and oxygen atoms in total. The van der Waals surface area contributed by atoms with E-state index in [-0.39, 0.29) is 13.2 Å². The minimum Gasteiger partial charge on any atom is -0.497 e. The standard InChI is InChI=1S/C19H26N2O8S/c1-19(2,3)29-18(24)20-14-10-21(15(14)22)16(30(5,25)26)17(23)28-11-12-6-8-13(27-4)9-7-12/h6-9,14,16H,10-11H2,1-5H3,(H,20,24)/t14-,16?/m0/s1. The number of rotatable bonds is 7. The Hall–Kier alpha value is -2.82. The predicted octanol–water partition coefficient (Wildman–Crippen LogP) is 0.845. The Bertz CT molecular complexity index is 905. The van der Waals surface area contributed by atoms with Gasteiger partial charge in [-0.05, 0) is 38.5 Å². The van der Waals surface area contributed by atoms with Gasteiger partial charge in [0.25, 0.3) is 0 Å². The summed E-state index contributed by atoms with van der Waals surface area (Å²) in [6, 6.07) is 5.69. The second-order valence-corrected chi connectivity index (χ2v) is 9.93. The average molecular weight is 442 g/mol. The number of benzene rings is 1. The second-order valence-electron chi connectivity index (χ2n) is 7.83. The van der Waals surface area contributed by atoms with Crippen molar-refractivity contribution in [2.45, 2.75) is 44.4 Å². The van der Waals surface area contributed by atoms with Gasteiger partial charge in [-0.1, -0.05) is 12.1 Å². The molecular formula is C19H26N2O8S. The molecule has 1 heterocycles. The average Bonchev–Trinajstić information content (AvgIpc) is 2.63. The first-order chi connectivity index (χ1) is 13.8. The van der Waals surface area contributed by atoms with Gasteiger partial charge >= 0.3 is 12.1 Å². The van der Waals surface area contributed by atoms with Gasteiger partial charge in [0, 0.05) is 6.26 Å². The van der Waals surface area contributed by atoms with Gasteiger partial charge in [-0.3, -0.25) is 4.79 Å². The molecule has 166 valence electrons. The number of amides is 2. The first-order valence-corrected chi connectivity index (χ1v) is 11.1. The summed E-state index contributed by atoms with van der Waals surface area (Å²) in [7, 11) is -2.47. The van der Waals surface area contributed by atoms with Crippen LogP contribution in [0.1, 0.15) is 26.3 Å². The third-order valence-corrected chi connectivity index (χ3v) is 5.34. The fourth-order valence-electron chi connectivity index (χ4n) is 2.70. The fourth-order valence-corrected chi connectivity index (χ4v) is 3.77. The van der Waals surface area contributed by atoms with E-state index in [1.54, 1.807) is 45.0 Å². The minimum atomic E-state index is -3.99. The number of ether oxygens (including phenoxy) is 3. The molecule has 11 heteroatoms. The summed E-state index contributed by atoms with van der Waals surface area (Å²) < 4.78 is 39.5. The number of β-lactam (4-membered cyclic amide) rings is 1. The Morgan fingerprint density at radius 1 is 1.23 bits per heavy atom. The molecule has 2 atom stereocenters. The lowest BCUT2D eigenvalue weighted by Gasteiger charge is -2.41. The van der Waals surface area contributed by atoms with Gasteiger partial charge in [0.05, 0.1) is 13.7 Å². The molecule has 1 N–H and O–H groups in total. The van der Waals surface area contributed by atoms with Crippen molar-refractivity contribution >= 4 is 27.8 Å². The molecule has 30 heavy (non-hydrogen) atoms. The number of methoxy groups -OCH3 is 1. The molecule has 0 bridgehead atoms. The van der Waals surface area contributed by atoms with Crippen molar-refractivity contribution in [3.63, 3.8) is 0 Å². The van der Waals surface area contributed by atoms with Crippen LogP contribution < -0.4 is 10.1 Å². The summed E-state index contributed by atoms with van der Waals surface area (Å²) in [5.41, 5.74) is -0.132.